The van der Waals surface area contributed by atoms with Gasteiger partial charge in [0.05, 0.1) is 114 Å². The number of aryl methyl sites for hydroxylation is 2. The van der Waals surface area contributed by atoms with E-state index >= 15 is 0 Å². The lowest BCUT2D eigenvalue weighted by Gasteiger charge is -2.30. The van der Waals surface area contributed by atoms with Crippen LogP contribution in [-0.4, -0.2) is 114 Å². The number of hydrogen-bond acceptors (Lipinski definition) is 16. The molecule has 0 saturated heterocycles. The van der Waals surface area contributed by atoms with E-state index in [9.17, 15) is 0 Å². The third-order valence-electron chi connectivity index (χ3n) is 16.7. The van der Waals surface area contributed by atoms with Crippen LogP contribution in [0.1, 0.15) is 69.2 Å². The Balaban J connectivity index is 0.000000261. The number of ether oxygens (including phenoxy) is 16. The molecule has 0 amide bonds. The quantitative estimate of drug-likeness (QED) is 0.0376. The van der Waals surface area contributed by atoms with Crippen molar-refractivity contribution in [2.75, 3.05) is 114 Å². The van der Waals surface area contributed by atoms with Crippen molar-refractivity contribution in [3.63, 3.8) is 0 Å². The van der Waals surface area contributed by atoms with Crippen molar-refractivity contribution in [1.29, 1.82) is 0 Å². The summed E-state index contributed by atoms with van der Waals surface area (Å²) in [7, 11) is 26.8. The molecule has 8 aromatic rings. The largest absolute Gasteiger partial charge is 0.497 e. The second-order valence-electron chi connectivity index (χ2n) is 22.2. The molecule has 0 N–H and O–H groups in total. The SMILES string of the molecule is COc1cc(CC[C@@H](Cc2cc(OC)cc(OC)c2)[C@H](Cc2cc(OC)cc(OC)c2)c2cc(OC)cc(OC)c2)cc(OC)c1.COc1cc(CC[C@H](Cc2cc(OC)cc(OC)c2)[C@@H](Cc2cc(OC)cc(OC)c2)c2cc(OC)cc(OC)c2)cc(OC)c1. The lowest BCUT2D eigenvalue weighted by Crippen LogP contribution is -2.20. The molecule has 8 rings (SSSR count). The number of benzene rings is 8. The second kappa shape index (κ2) is 35.2. The molecular weight excluding hydrogens is 1170 g/mol. The first-order valence-electron chi connectivity index (χ1n) is 30.5. The van der Waals surface area contributed by atoms with Crippen molar-refractivity contribution in [2.45, 2.75) is 63.2 Å². The van der Waals surface area contributed by atoms with Gasteiger partial charge >= 0.3 is 0 Å². The third-order valence-corrected chi connectivity index (χ3v) is 16.7. The van der Waals surface area contributed by atoms with Gasteiger partial charge in [-0.05, 0) is 217 Å². The number of methoxy groups -OCH3 is 16. The summed E-state index contributed by atoms with van der Waals surface area (Å²) in [6, 6.07) is 48.5. The van der Waals surface area contributed by atoms with Crippen LogP contribution in [0.5, 0.6) is 92.0 Å². The van der Waals surface area contributed by atoms with E-state index in [0.717, 1.165) is 188 Å². The van der Waals surface area contributed by atoms with Gasteiger partial charge < -0.3 is 75.8 Å². The Bertz CT molecular complexity index is 3190. The third kappa shape index (κ3) is 19.8. The summed E-state index contributed by atoms with van der Waals surface area (Å²) in [6.07, 6.45) is 6.30. The van der Waals surface area contributed by atoms with Gasteiger partial charge in [0, 0.05) is 48.5 Å². The van der Waals surface area contributed by atoms with Crippen LogP contribution < -0.4 is 75.8 Å². The average molecular weight is 1260 g/mol. The zero-order valence-corrected chi connectivity index (χ0v) is 56.4. The molecule has 0 radical (unpaired) electrons. The Morgan fingerprint density at radius 2 is 0.337 bits per heavy atom. The molecule has 0 saturated carbocycles. The van der Waals surface area contributed by atoms with Gasteiger partial charge in [0.2, 0.25) is 0 Å². The van der Waals surface area contributed by atoms with Gasteiger partial charge in [-0.15, -0.1) is 0 Å². The summed E-state index contributed by atoms with van der Waals surface area (Å²) in [5.41, 5.74) is 8.92. The van der Waals surface area contributed by atoms with E-state index in [1.54, 1.807) is 114 Å². The lowest BCUT2D eigenvalue weighted by atomic mass is 9.75. The zero-order valence-electron chi connectivity index (χ0n) is 56.4. The van der Waals surface area contributed by atoms with Crippen molar-refractivity contribution >= 4 is 0 Å². The van der Waals surface area contributed by atoms with Crippen LogP contribution in [0.15, 0.2) is 146 Å². The maximum absolute atomic E-state index is 5.73. The molecule has 0 aliphatic rings. The second-order valence-corrected chi connectivity index (χ2v) is 22.2. The van der Waals surface area contributed by atoms with Gasteiger partial charge in [-0.2, -0.15) is 0 Å². The van der Waals surface area contributed by atoms with E-state index in [4.69, 9.17) is 75.8 Å². The fourth-order valence-electron chi connectivity index (χ4n) is 11.9. The highest BCUT2D eigenvalue weighted by molar-refractivity contribution is 5.48. The minimum Gasteiger partial charge on any atom is -0.497 e. The topological polar surface area (TPSA) is 148 Å². The maximum atomic E-state index is 5.73. The fraction of sp³-hybridized carbons (Fsp3) is 0.368. The van der Waals surface area contributed by atoms with Crippen LogP contribution in [0.25, 0.3) is 0 Å². The molecule has 0 fully saturated rings. The normalized spacial score (nSPS) is 12.1. The molecule has 0 aromatic heterocycles. The van der Waals surface area contributed by atoms with Crippen LogP contribution in [0.3, 0.4) is 0 Å². The molecule has 16 nitrogen and oxygen atoms in total. The van der Waals surface area contributed by atoms with Crippen LogP contribution in [0.2, 0.25) is 0 Å². The highest BCUT2D eigenvalue weighted by Gasteiger charge is 2.29. The Labute approximate surface area is 544 Å². The minimum absolute atomic E-state index is 0.0468. The molecular formula is C76H92O16. The smallest absolute Gasteiger partial charge is 0.122 e. The summed E-state index contributed by atoms with van der Waals surface area (Å²) in [4.78, 5) is 0. The first kappa shape index (κ1) is 70.0. The summed E-state index contributed by atoms with van der Waals surface area (Å²) >= 11 is 0. The fourth-order valence-corrected chi connectivity index (χ4v) is 11.9. The van der Waals surface area contributed by atoms with Crippen LogP contribution in [-0.2, 0) is 38.5 Å². The van der Waals surface area contributed by atoms with Gasteiger partial charge in [-0.25, -0.2) is 0 Å². The molecule has 0 aliphatic heterocycles. The molecule has 0 heterocycles. The van der Waals surface area contributed by atoms with Gasteiger partial charge in [0.25, 0.3) is 0 Å². The average Bonchev–Trinajstić information content (AvgIpc) is 0.996. The van der Waals surface area contributed by atoms with Crippen molar-refractivity contribution in [3.05, 3.63) is 190 Å². The van der Waals surface area contributed by atoms with Crippen molar-refractivity contribution < 1.29 is 75.8 Å². The summed E-state index contributed by atoms with van der Waals surface area (Å²) in [5.74, 6) is 12.4. The van der Waals surface area contributed by atoms with E-state index < -0.39 is 0 Å². The summed E-state index contributed by atoms with van der Waals surface area (Å²) < 4.78 is 90.4. The molecule has 0 bridgehead atoms. The van der Waals surface area contributed by atoms with E-state index in [1.807, 2.05) is 48.5 Å². The predicted molar refractivity (Wildman–Crippen MR) is 360 cm³/mol. The number of rotatable bonds is 34. The minimum atomic E-state index is 0.0468. The van der Waals surface area contributed by atoms with Crippen molar-refractivity contribution in [1.82, 2.24) is 0 Å². The highest BCUT2D eigenvalue weighted by atomic mass is 16.5. The molecule has 0 aliphatic carbocycles. The molecule has 92 heavy (non-hydrogen) atoms. The van der Waals surface area contributed by atoms with Gasteiger partial charge in [0.15, 0.2) is 0 Å². The molecule has 0 unspecified atom stereocenters. The highest BCUT2D eigenvalue weighted by Crippen LogP contribution is 2.43. The van der Waals surface area contributed by atoms with E-state index in [0.29, 0.717) is 0 Å². The lowest BCUT2D eigenvalue weighted by molar-refractivity contribution is 0.367. The van der Waals surface area contributed by atoms with E-state index in [-0.39, 0.29) is 23.7 Å². The maximum Gasteiger partial charge on any atom is 0.122 e. The first-order chi connectivity index (χ1) is 44.7. The standard InChI is InChI=1S/2C38H46O8/c2*1-39-30-12-25(13-31(21-30)40-2)9-10-28(11-26-14-32(41-3)22-33(15-26)42-4)38(29-19-36(45-7)24-37(20-29)46-8)18-27-16-34(43-5)23-35(17-27)44-6/h2*12-17,19-24,28,38H,9-11,18H2,1-8H3/t2*28-,38-/m10/s1. The Kier molecular flexibility index (Phi) is 26.8. The van der Waals surface area contributed by atoms with Gasteiger partial charge in [-0.1, -0.05) is 0 Å². The van der Waals surface area contributed by atoms with E-state index in [1.165, 1.54) is 0 Å². The van der Waals surface area contributed by atoms with Crippen molar-refractivity contribution in [2.24, 2.45) is 11.8 Å². The Hall–Kier alpha value is -9.44. The molecule has 16 heteroatoms. The summed E-state index contributed by atoms with van der Waals surface area (Å²) in [5, 5.41) is 0. The van der Waals surface area contributed by atoms with Crippen LogP contribution >= 0.6 is 0 Å². The molecule has 8 aromatic carbocycles. The van der Waals surface area contributed by atoms with Crippen molar-refractivity contribution in [3.8, 4) is 92.0 Å². The van der Waals surface area contributed by atoms with Crippen LogP contribution in [0, 0.1) is 11.8 Å². The zero-order chi connectivity index (χ0) is 66.1. The first-order valence-corrected chi connectivity index (χ1v) is 30.5. The molecule has 0 spiro atoms. The Morgan fingerprint density at radius 1 is 0.185 bits per heavy atom. The monoisotopic (exact) mass is 1260 g/mol. The molecule has 492 valence electrons. The molecule has 4 atom stereocenters. The number of hydrogen-bond donors (Lipinski definition) is 0. The predicted octanol–water partition coefficient (Wildman–Crippen LogP) is 15.1. The summed E-state index contributed by atoms with van der Waals surface area (Å²) in [6.45, 7) is 0. The van der Waals surface area contributed by atoms with Gasteiger partial charge in [0.1, 0.15) is 92.0 Å². The Morgan fingerprint density at radius 3 is 0.511 bits per heavy atom. The van der Waals surface area contributed by atoms with E-state index in [2.05, 4.69) is 97.1 Å². The van der Waals surface area contributed by atoms with Gasteiger partial charge in [-0.3, -0.25) is 0 Å². The van der Waals surface area contributed by atoms with Crippen LogP contribution in [0.4, 0.5) is 0 Å².